The van der Waals surface area contributed by atoms with Gasteiger partial charge in [-0.05, 0) is 41.5 Å². The number of carbonyl (C=O) groups is 2. The van der Waals surface area contributed by atoms with Crippen LogP contribution < -0.4 is 15.8 Å². The molecule has 4 aromatic rings. The monoisotopic (exact) mass is 490 g/mol. The number of alkyl halides is 2. The Morgan fingerprint density at radius 1 is 1.08 bits per heavy atom. The summed E-state index contributed by atoms with van der Waals surface area (Å²) in [5.41, 5.74) is 6.60. The Bertz CT molecular complexity index is 1500. The Hall–Kier alpha value is -4.73. The van der Waals surface area contributed by atoms with E-state index >= 15 is 0 Å². The van der Waals surface area contributed by atoms with Crippen LogP contribution in [0.5, 0.6) is 5.75 Å². The van der Waals surface area contributed by atoms with Gasteiger partial charge in [-0.2, -0.15) is 8.78 Å². The van der Waals surface area contributed by atoms with Gasteiger partial charge < -0.3 is 20.2 Å². The first kappa shape index (κ1) is 23.0. The molecule has 1 atom stereocenters. The maximum Gasteiger partial charge on any atom is 0.387 e. The van der Waals surface area contributed by atoms with Gasteiger partial charge in [0.1, 0.15) is 17.6 Å². The fourth-order valence-electron chi connectivity index (χ4n) is 4.24. The fourth-order valence-corrected chi connectivity index (χ4v) is 4.24. The summed E-state index contributed by atoms with van der Waals surface area (Å²) in [5, 5.41) is 3.50. The molecule has 2 heterocycles. The maximum atomic E-state index is 13.4. The van der Waals surface area contributed by atoms with Crippen molar-refractivity contribution in [3.63, 3.8) is 0 Å². The topological polar surface area (TPSA) is 110 Å². The number of anilines is 1. The lowest BCUT2D eigenvalue weighted by Gasteiger charge is -2.26. The van der Waals surface area contributed by atoms with Crippen molar-refractivity contribution in [3.8, 4) is 5.75 Å². The first-order chi connectivity index (χ1) is 17.3. The van der Waals surface area contributed by atoms with Crippen LogP contribution in [-0.2, 0) is 10.3 Å². The van der Waals surface area contributed by atoms with Crippen molar-refractivity contribution in [2.75, 3.05) is 12.4 Å². The van der Waals surface area contributed by atoms with Crippen LogP contribution in [0.4, 0.5) is 14.5 Å². The molecular weight excluding hydrogens is 470 g/mol. The minimum atomic E-state index is -2.98. The zero-order valence-corrected chi connectivity index (χ0v) is 18.9. The van der Waals surface area contributed by atoms with Crippen LogP contribution in [0.3, 0.4) is 0 Å². The van der Waals surface area contributed by atoms with E-state index < -0.39 is 24.0 Å². The molecule has 5 rings (SSSR count). The van der Waals surface area contributed by atoms with Gasteiger partial charge in [-0.25, -0.2) is 4.99 Å². The van der Waals surface area contributed by atoms with Gasteiger partial charge in [-0.3, -0.25) is 14.5 Å². The number of ether oxygens (including phenoxy) is 1. The number of para-hydroxylation sites is 1. The molecule has 0 fully saturated rings. The van der Waals surface area contributed by atoms with E-state index in [1.807, 2.05) is 6.07 Å². The number of hydrogen-bond donors (Lipinski definition) is 2. The van der Waals surface area contributed by atoms with Crippen LogP contribution in [-0.4, -0.2) is 36.3 Å². The van der Waals surface area contributed by atoms with Gasteiger partial charge in [0.25, 0.3) is 11.8 Å². The van der Waals surface area contributed by atoms with Crippen molar-refractivity contribution in [2.24, 2.45) is 10.7 Å². The molecule has 0 saturated heterocycles. The van der Waals surface area contributed by atoms with E-state index in [1.54, 1.807) is 42.5 Å². The standard InChI is InChI=1S/C26H20F2N4O4/c1-32-23(34)26(31-25(32)29,15-9-11-18(12-10-15)36-24(27)28)16-5-4-6-17(13-16)30-22(33)20-14-35-21-8-3-2-7-19(20)21/h2-14,24H,1H3,(H2,29,31)(H,30,33). The molecule has 3 aromatic carbocycles. The van der Waals surface area contributed by atoms with E-state index in [0.717, 1.165) is 0 Å². The van der Waals surface area contributed by atoms with Crippen molar-refractivity contribution < 1.29 is 27.5 Å². The first-order valence-corrected chi connectivity index (χ1v) is 10.9. The van der Waals surface area contributed by atoms with Crippen molar-refractivity contribution in [2.45, 2.75) is 12.2 Å². The smallest absolute Gasteiger partial charge is 0.387 e. The second-order valence-electron chi connectivity index (χ2n) is 8.13. The Labute approximate surface area is 204 Å². The molecule has 182 valence electrons. The van der Waals surface area contributed by atoms with Crippen LogP contribution in [0.2, 0.25) is 0 Å². The summed E-state index contributed by atoms with van der Waals surface area (Å²) in [6.07, 6.45) is 1.38. The Morgan fingerprint density at radius 2 is 1.83 bits per heavy atom. The first-order valence-electron chi connectivity index (χ1n) is 10.9. The summed E-state index contributed by atoms with van der Waals surface area (Å²) >= 11 is 0. The molecule has 36 heavy (non-hydrogen) atoms. The molecule has 2 amide bonds. The number of aliphatic imine (C=N–C) groups is 1. The molecule has 10 heteroatoms. The van der Waals surface area contributed by atoms with Crippen LogP contribution in [0, 0.1) is 0 Å². The number of rotatable bonds is 6. The fraction of sp³-hybridized carbons (Fsp3) is 0.115. The van der Waals surface area contributed by atoms with Gasteiger partial charge in [0.15, 0.2) is 11.5 Å². The molecule has 0 saturated carbocycles. The van der Waals surface area contributed by atoms with E-state index in [4.69, 9.17) is 10.2 Å². The predicted octanol–water partition coefficient (Wildman–Crippen LogP) is 4.32. The van der Waals surface area contributed by atoms with Gasteiger partial charge in [-0.1, -0.05) is 42.5 Å². The number of fused-ring (bicyclic) bond motifs is 1. The zero-order valence-electron chi connectivity index (χ0n) is 18.9. The molecule has 1 aliphatic rings. The number of guanidine groups is 1. The number of halogens is 2. The van der Waals surface area contributed by atoms with Gasteiger partial charge >= 0.3 is 6.61 Å². The summed E-state index contributed by atoms with van der Waals surface area (Å²) in [7, 11) is 1.49. The molecule has 3 N–H and O–H groups in total. The minimum Gasteiger partial charge on any atom is -0.463 e. The lowest BCUT2D eigenvalue weighted by molar-refractivity contribution is -0.129. The number of nitrogens with two attached hydrogens (primary N) is 1. The number of furan rings is 1. The molecule has 8 nitrogen and oxygen atoms in total. The van der Waals surface area contributed by atoms with Gasteiger partial charge in [-0.15, -0.1) is 0 Å². The highest BCUT2D eigenvalue weighted by Gasteiger charge is 2.49. The summed E-state index contributed by atoms with van der Waals surface area (Å²) in [6.45, 7) is -2.98. The third kappa shape index (κ3) is 3.82. The van der Waals surface area contributed by atoms with E-state index in [9.17, 15) is 18.4 Å². The summed E-state index contributed by atoms with van der Waals surface area (Å²) in [4.78, 5) is 32.1. The SMILES string of the molecule is CN1C(=O)C(c2ccc(OC(F)F)cc2)(c2cccc(NC(=O)c3coc4ccccc34)c2)N=C1N. The molecule has 1 unspecified atom stereocenters. The number of benzene rings is 3. The molecular formula is C26H20F2N4O4. The van der Waals surface area contributed by atoms with Gasteiger partial charge in [0.2, 0.25) is 0 Å². The number of nitrogens with zero attached hydrogens (tertiary/aromatic N) is 2. The molecule has 1 aromatic heterocycles. The highest BCUT2D eigenvalue weighted by atomic mass is 19.3. The van der Waals surface area contributed by atoms with Gasteiger partial charge in [0, 0.05) is 18.1 Å². The average Bonchev–Trinajstić information content (AvgIpc) is 3.40. The number of carbonyl (C=O) groups excluding carboxylic acids is 2. The van der Waals surface area contributed by atoms with Crippen LogP contribution in [0.25, 0.3) is 11.0 Å². The third-order valence-corrected chi connectivity index (χ3v) is 6.00. The summed E-state index contributed by atoms with van der Waals surface area (Å²) in [5.74, 6) is -0.899. The quantitative estimate of drug-likeness (QED) is 0.418. The lowest BCUT2D eigenvalue weighted by atomic mass is 9.82. The second-order valence-corrected chi connectivity index (χ2v) is 8.13. The Kier molecular flexibility index (Phi) is 5.63. The molecule has 0 aliphatic carbocycles. The molecule has 1 aliphatic heterocycles. The highest BCUT2D eigenvalue weighted by molar-refractivity contribution is 6.12. The van der Waals surface area contributed by atoms with Crippen LogP contribution >= 0.6 is 0 Å². The normalized spacial score (nSPS) is 17.5. The number of hydrogen-bond acceptors (Lipinski definition) is 6. The molecule has 0 radical (unpaired) electrons. The number of nitrogens with one attached hydrogen (secondary N) is 1. The highest BCUT2D eigenvalue weighted by Crippen LogP contribution is 2.40. The van der Waals surface area contributed by atoms with Gasteiger partial charge in [0.05, 0.1) is 5.56 Å². The van der Waals surface area contributed by atoms with E-state index in [-0.39, 0.29) is 11.7 Å². The Balaban J connectivity index is 1.53. The van der Waals surface area contributed by atoms with Crippen molar-refractivity contribution in [1.29, 1.82) is 0 Å². The minimum absolute atomic E-state index is 0.00721. The number of amides is 2. The van der Waals surface area contributed by atoms with Crippen molar-refractivity contribution in [1.82, 2.24) is 4.90 Å². The lowest BCUT2D eigenvalue weighted by Crippen LogP contribution is -2.41. The number of likely N-dealkylation sites (N-methyl/N-ethyl adjacent to an activating group) is 1. The van der Waals surface area contributed by atoms with E-state index in [1.165, 1.54) is 42.5 Å². The van der Waals surface area contributed by atoms with Crippen molar-refractivity contribution >= 4 is 34.4 Å². The Morgan fingerprint density at radius 3 is 2.53 bits per heavy atom. The summed E-state index contributed by atoms with van der Waals surface area (Å²) < 4.78 is 35.1. The third-order valence-electron chi connectivity index (χ3n) is 6.00. The maximum absolute atomic E-state index is 13.4. The van der Waals surface area contributed by atoms with Crippen LogP contribution in [0.1, 0.15) is 21.5 Å². The van der Waals surface area contributed by atoms with Crippen LogP contribution in [0.15, 0.2) is 88.5 Å². The van der Waals surface area contributed by atoms with E-state index in [2.05, 4.69) is 15.0 Å². The summed E-state index contributed by atoms with van der Waals surface area (Å²) in [6, 6.07) is 19.4. The second kappa shape index (κ2) is 8.81. The predicted molar refractivity (Wildman–Crippen MR) is 129 cm³/mol. The average molecular weight is 490 g/mol. The van der Waals surface area contributed by atoms with Crippen molar-refractivity contribution in [3.05, 3.63) is 95.7 Å². The zero-order chi connectivity index (χ0) is 25.4. The molecule has 0 spiro atoms. The largest absolute Gasteiger partial charge is 0.463 e. The molecule has 0 bridgehead atoms. The van der Waals surface area contributed by atoms with E-state index in [0.29, 0.717) is 33.3 Å².